The standard InChI is InChI=1S/C16H12ClN3O3S/c17-14-6-5-11(9-19-14)16(22)23-10-15(21)20-12-3-1-2-4-13(12)24-8-7-18/h1-6,9H,8,10H2,(H,20,21). The van der Waals surface area contributed by atoms with Gasteiger partial charge in [-0.25, -0.2) is 9.78 Å². The number of pyridine rings is 1. The van der Waals surface area contributed by atoms with Crippen molar-refractivity contribution in [2.24, 2.45) is 0 Å². The summed E-state index contributed by atoms with van der Waals surface area (Å²) < 4.78 is 4.93. The van der Waals surface area contributed by atoms with Crippen molar-refractivity contribution in [3.63, 3.8) is 0 Å². The summed E-state index contributed by atoms with van der Waals surface area (Å²) in [7, 11) is 0. The highest BCUT2D eigenvalue weighted by Gasteiger charge is 2.12. The van der Waals surface area contributed by atoms with Crippen LogP contribution in [0, 0.1) is 11.3 Å². The van der Waals surface area contributed by atoms with Gasteiger partial charge in [0.05, 0.1) is 23.1 Å². The van der Waals surface area contributed by atoms with E-state index in [1.807, 2.05) is 12.1 Å². The molecule has 0 unspecified atom stereocenters. The summed E-state index contributed by atoms with van der Waals surface area (Å²) in [4.78, 5) is 28.3. The normalized spacial score (nSPS) is 9.83. The number of nitrogens with zero attached hydrogens (tertiary/aromatic N) is 2. The number of ether oxygens (including phenoxy) is 1. The van der Waals surface area contributed by atoms with Crippen LogP contribution in [0.5, 0.6) is 0 Å². The monoisotopic (exact) mass is 361 g/mol. The maximum absolute atomic E-state index is 11.9. The van der Waals surface area contributed by atoms with Crippen LogP contribution in [0.1, 0.15) is 10.4 Å². The maximum Gasteiger partial charge on any atom is 0.340 e. The maximum atomic E-state index is 11.9. The topological polar surface area (TPSA) is 92.1 Å². The van der Waals surface area contributed by atoms with Crippen LogP contribution in [-0.4, -0.2) is 29.2 Å². The minimum Gasteiger partial charge on any atom is -0.452 e. The van der Waals surface area contributed by atoms with E-state index in [4.69, 9.17) is 21.6 Å². The zero-order valence-electron chi connectivity index (χ0n) is 12.4. The number of esters is 1. The fourth-order valence-electron chi connectivity index (χ4n) is 1.70. The molecule has 0 fully saturated rings. The Kier molecular flexibility index (Phi) is 6.61. The number of para-hydroxylation sites is 1. The van der Waals surface area contributed by atoms with Crippen molar-refractivity contribution in [2.45, 2.75) is 4.90 Å². The van der Waals surface area contributed by atoms with Crippen molar-refractivity contribution < 1.29 is 14.3 Å². The number of halogens is 1. The van der Waals surface area contributed by atoms with E-state index in [0.29, 0.717) is 5.69 Å². The fraction of sp³-hybridized carbons (Fsp3) is 0.125. The summed E-state index contributed by atoms with van der Waals surface area (Å²) in [6.45, 7) is -0.432. The number of thioether (sulfide) groups is 1. The number of amides is 1. The van der Waals surface area contributed by atoms with Gasteiger partial charge in [-0.3, -0.25) is 4.79 Å². The van der Waals surface area contributed by atoms with Gasteiger partial charge >= 0.3 is 5.97 Å². The number of carbonyl (C=O) groups is 2. The Labute approximate surface area is 147 Å². The lowest BCUT2D eigenvalue weighted by Crippen LogP contribution is -2.21. The molecule has 0 aliphatic rings. The Morgan fingerprint density at radius 2 is 2.08 bits per heavy atom. The molecule has 2 aromatic rings. The molecular formula is C16H12ClN3O3S. The van der Waals surface area contributed by atoms with Crippen LogP contribution in [0.15, 0.2) is 47.5 Å². The summed E-state index contributed by atoms with van der Waals surface area (Å²) in [6.07, 6.45) is 1.27. The second-order valence-corrected chi connectivity index (χ2v) is 5.84. The molecule has 1 amide bonds. The molecule has 24 heavy (non-hydrogen) atoms. The molecule has 0 aliphatic carbocycles. The first-order valence-electron chi connectivity index (χ1n) is 6.77. The summed E-state index contributed by atoms with van der Waals surface area (Å²) >= 11 is 6.94. The summed E-state index contributed by atoms with van der Waals surface area (Å²) in [5.41, 5.74) is 0.768. The molecule has 0 saturated carbocycles. The zero-order valence-corrected chi connectivity index (χ0v) is 13.9. The minimum atomic E-state index is -0.665. The second kappa shape index (κ2) is 8.91. The zero-order chi connectivity index (χ0) is 17.4. The average molecular weight is 362 g/mol. The predicted molar refractivity (Wildman–Crippen MR) is 90.9 cm³/mol. The number of benzene rings is 1. The van der Waals surface area contributed by atoms with E-state index in [2.05, 4.69) is 10.3 Å². The lowest BCUT2D eigenvalue weighted by Gasteiger charge is -2.10. The third-order valence-electron chi connectivity index (χ3n) is 2.75. The van der Waals surface area contributed by atoms with Gasteiger partial charge in [0.15, 0.2) is 6.61 Å². The smallest absolute Gasteiger partial charge is 0.340 e. The molecule has 2 rings (SSSR count). The van der Waals surface area contributed by atoms with Crippen molar-refractivity contribution in [3.8, 4) is 6.07 Å². The van der Waals surface area contributed by atoms with Gasteiger partial charge in [-0.05, 0) is 24.3 Å². The third-order valence-corrected chi connectivity index (χ3v) is 3.91. The van der Waals surface area contributed by atoms with E-state index in [1.54, 1.807) is 18.2 Å². The SMILES string of the molecule is N#CCSc1ccccc1NC(=O)COC(=O)c1ccc(Cl)nc1. The van der Waals surface area contributed by atoms with Gasteiger partial charge in [-0.2, -0.15) is 5.26 Å². The number of anilines is 1. The van der Waals surface area contributed by atoms with E-state index >= 15 is 0 Å². The fourth-order valence-corrected chi connectivity index (χ4v) is 2.48. The van der Waals surface area contributed by atoms with Crippen molar-refractivity contribution in [1.82, 2.24) is 4.98 Å². The van der Waals surface area contributed by atoms with Gasteiger partial charge in [0.2, 0.25) is 0 Å². The molecular weight excluding hydrogens is 350 g/mol. The highest BCUT2D eigenvalue weighted by Crippen LogP contribution is 2.26. The van der Waals surface area contributed by atoms with Crippen LogP contribution in [0.25, 0.3) is 0 Å². The number of hydrogen-bond donors (Lipinski definition) is 1. The Morgan fingerprint density at radius 1 is 1.29 bits per heavy atom. The Balaban J connectivity index is 1.91. The van der Waals surface area contributed by atoms with Crippen LogP contribution in [0.2, 0.25) is 5.15 Å². The summed E-state index contributed by atoms with van der Waals surface area (Å²) in [5, 5.41) is 11.6. The van der Waals surface area contributed by atoms with E-state index in [9.17, 15) is 9.59 Å². The first-order chi connectivity index (χ1) is 11.6. The third kappa shape index (κ3) is 5.26. The lowest BCUT2D eigenvalue weighted by atomic mass is 10.3. The average Bonchev–Trinajstić information content (AvgIpc) is 2.59. The molecule has 0 bridgehead atoms. The van der Waals surface area contributed by atoms with E-state index in [1.165, 1.54) is 30.1 Å². The molecule has 1 aromatic heterocycles. The quantitative estimate of drug-likeness (QED) is 0.482. The molecule has 122 valence electrons. The molecule has 0 radical (unpaired) electrons. The molecule has 0 spiro atoms. The van der Waals surface area contributed by atoms with Gasteiger partial charge in [0, 0.05) is 11.1 Å². The highest BCUT2D eigenvalue weighted by molar-refractivity contribution is 7.99. The van der Waals surface area contributed by atoms with Gasteiger partial charge < -0.3 is 10.1 Å². The molecule has 1 N–H and O–H groups in total. The van der Waals surface area contributed by atoms with Crippen molar-refractivity contribution in [1.29, 1.82) is 5.26 Å². The summed E-state index contributed by atoms with van der Waals surface area (Å²) in [6, 6.07) is 12.0. The van der Waals surface area contributed by atoms with Gasteiger partial charge in [0.1, 0.15) is 5.15 Å². The van der Waals surface area contributed by atoms with Crippen LogP contribution < -0.4 is 5.32 Å². The number of hydrogen-bond acceptors (Lipinski definition) is 6. The molecule has 0 aliphatic heterocycles. The molecule has 0 saturated heterocycles. The van der Waals surface area contributed by atoms with Crippen molar-refractivity contribution in [3.05, 3.63) is 53.3 Å². The molecule has 0 atom stereocenters. The Hall–Kier alpha value is -2.56. The predicted octanol–water partition coefficient (Wildman–Crippen LogP) is 3.15. The Morgan fingerprint density at radius 3 is 2.79 bits per heavy atom. The van der Waals surface area contributed by atoms with Crippen LogP contribution >= 0.6 is 23.4 Å². The molecule has 8 heteroatoms. The molecule has 1 aromatic carbocycles. The molecule has 6 nitrogen and oxygen atoms in total. The molecule has 1 heterocycles. The van der Waals surface area contributed by atoms with Crippen LogP contribution in [0.3, 0.4) is 0 Å². The van der Waals surface area contributed by atoms with Crippen molar-refractivity contribution >= 4 is 40.9 Å². The number of nitriles is 1. The largest absolute Gasteiger partial charge is 0.452 e. The van der Waals surface area contributed by atoms with Crippen LogP contribution in [-0.2, 0) is 9.53 Å². The Bertz CT molecular complexity index is 775. The van der Waals surface area contributed by atoms with Crippen molar-refractivity contribution in [2.75, 3.05) is 17.7 Å². The lowest BCUT2D eigenvalue weighted by molar-refractivity contribution is -0.119. The van der Waals surface area contributed by atoms with E-state index in [-0.39, 0.29) is 16.5 Å². The minimum absolute atomic E-state index is 0.206. The van der Waals surface area contributed by atoms with Gasteiger partial charge in [0.25, 0.3) is 5.91 Å². The highest BCUT2D eigenvalue weighted by atomic mass is 35.5. The summed E-state index contributed by atoms with van der Waals surface area (Å²) in [5.74, 6) is -0.873. The second-order valence-electron chi connectivity index (χ2n) is 4.44. The first-order valence-corrected chi connectivity index (χ1v) is 8.14. The van der Waals surface area contributed by atoms with Gasteiger partial charge in [-0.1, -0.05) is 23.7 Å². The van der Waals surface area contributed by atoms with Crippen LogP contribution in [0.4, 0.5) is 5.69 Å². The van der Waals surface area contributed by atoms with Gasteiger partial charge in [-0.15, -0.1) is 11.8 Å². The van der Waals surface area contributed by atoms with E-state index in [0.717, 1.165) is 4.90 Å². The number of nitrogens with one attached hydrogen (secondary N) is 1. The number of aromatic nitrogens is 1. The number of carbonyl (C=O) groups excluding carboxylic acids is 2. The van der Waals surface area contributed by atoms with E-state index < -0.39 is 18.5 Å². The number of rotatable bonds is 6. The first kappa shape index (κ1) is 17.8.